The van der Waals surface area contributed by atoms with Crippen molar-refractivity contribution >= 4 is 15.9 Å². The number of aromatic nitrogens is 2. The Morgan fingerprint density at radius 3 is 2.53 bits per heavy atom. The summed E-state index contributed by atoms with van der Waals surface area (Å²) < 4.78 is 6.34. The van der Waals surface area contributed by atoms with Gasteiger partial charge in [0.25, 0.3) is 0 Å². The zero-order chi connectivity index (χ0) is 13.7. The van der Waals surface area contributed by atoms with Crippen LogP contribution in [-0.2, 0) is 6.42 Å². The molecule has 100 valence electrons. The first-order chi connectivity index (χ1) is 9.24. The van der Waals surface area contributed by atoms with E-state index in [0.717, 1.165) is 16.6 Å². The summed E-state index contributed by atoms with van der Waals surface area (Å²) in [5.74, 6) is 0.568. The molecule has 0 saturated heterocycles. The minimum Gasteiger partial charge on any atom is -0.480 e. The Kier molecular flexibility index (Phi) is 4.87. The molecular weight excluding hydrogens is 306 g/mol. The molecule has 1 aromatic heterocycles. The molecule has 0 radical (unpaired) electrons. The molecule has 0 bridgehead atoms. The van der Waals surface area contributed by atoms with Crippen LogP contribution in [0.1, 0.15) is 17.3 Å². The Morgan fingerprint density at radius 1 is 1.21 bits per heavy atom. The number of hydrogen-bond donors (Lipinski definition) is 1. The second-order valence-electron chi connectivity index (χ2n) is 4.12. The van der Waals surface area contributed by atoms with Crippen LogP contribution >= 0.6 is 15.9 Å². The summed E-state index contributed by atoms with van der Waals surface area (Å²) in [5.41, 5.74) is 2.06. The first-order valence-corrected chi connectivity index (χ1v) is 6.80. The van der Waals surface area contributed by atoms with E-state index in [2.05, 4.69) is 43.3 Å². The fourth-order valence-corrected chi connectivity index (χ4v) is 2.19. The number of nitrogens with one attached hydrogen (secondary N) is 1. The lowest BCUT2D eigenvalue weighted by molar-refractivity contribution is 0.379. The standard InChI is InChI=1S/C14H16BrN3O/c1-16-12(9-10-3-5-11(15)6-4-10)13-14(19-2)18-8-7-17-13/h3-8,12,16H,9H2,1-2H3. The monoisotopic (exact) mass is 321 g/mol. The highest BCUT2D eigenvalue weighted by molar-refractivity contribution is 9.10. The number of halogens is 1. The summed E-state index contributed by atoms with van der Waals surface area (Å²) >= 11 is 3.44. The van der Waals surface area contributed by atoms with Gasteiger partial charge in [0.1, 0.15) is 5.69 Å². The van der Waals surface area contributed by atoms with Gasteiger partial charge in [-0.3, -0.25) is 4.98 Å². The number of hydrogen-bond acceptors (Lipinski definition) is 4. The normalized spacial score (nSPS) is 12.2. The zero-order valence-corrected chi connectivity index (χ0v) is 12.5. The van der Waals surface area contributed by atoms with Crippen molar-refractivity contribution in [3.8, 4) is 5.88 Å². The van der Waals surface area contributed by atoms with E-state index in [-0.39, 0.29) is 6.04 Å². The Hall–Kier alpha value is -1.46. The van der Waals surface area contributed by atoms with Crippen LogP contribution < -0.4 is 10.1 Å². The molecule has 1 unspecified atom stereocenters. The Labute approximate surface area is 121 Å². The SMILES string of the molecule is CNC(Cc1ccc(Br)cc1)c1nccnc1OC. The largest absolute Gasteiger partial charge is 0.480 e. The third-order valence-electron chi connectivity index (χ3n) is 2.92. The molecule has 2 rings (SSSR count). The molecule has 5 heteroatoms. The summed E-state index contributed by atoms with van der Waals surface area (Å²) in [4.78, 5) is 8.56. The van der Waals surface area contributed by atoms with Gasteiger partial charge < -0.3 is 10.1 Å². The van der Waals surface area contributed by atoms with Gasteiger partial charge in [0.15, 0.2) is 0 Å². The number of ether oxygens (including phenoxy) is 1. The van der Waals surface area contributed by atoms with Crippen LogP contribution in [0.2, 0.25) is 0 Å². The van der Waals surface area contributed by atoms with Crippen LogP contribution in [0.4, 0.5) is 0 Å². The smallest absolute Gasteiger partial charge is 0.237 e. The Bertz CT molecular complexity index is 530. The van der Waals surface area contributed by atoms with E-state index in [0.29, 0.717) is 5.88 Å². The van der Waals surface area contributed by atoms with Crippen LogP contribution in [0, 0.1) is 0 Å². The number of rotatable bonds is 5. The third-order valence-corrected chi connectivity index (χ3v) is 3.44. The van der Waals surface area contributed by atoms with Gasteiger partial charge in [-0.2, -0.15) is 0 Å². The van der Waals surface area contributed by atoms with Crippen LogP contribution in [0.5, 0.6) is 5.88 Å². The average molecular weight is 322 g/mol. The van der Waals surface area contributed by atoms with E-state index in [1.54, 1.807) is 19.5 Å². The maximum Gasteiger partial charge on any atom is 0.237 e. The summed E-state index contributed by atoms with van der Waals surface area (Å²) in [6.45, 7) is 0. The molecule has 19 heavy (non-hydrogen) atoms. The topological polar surface area (TPSA) is 47.0 Å². The van der Waals surface area contributed by atoms with E-state index >= 15 is 0 Å². The lowest BCUT2D eigenvalue weighted by atomic mass is 10.0. The van der Waals surface area contributed by atoms with Gasteiger partial charge in [0.05, 0.1) is 13.2 Å². The summed E-state index contributed by atoms with van der Waals surface area (Å²) in [6, 6.07) is 8.34. The van der Waals surface area contributed by atoms with Crippen molar-refractivity contribution in [3.05, 3.63) is 52.4 Å². The molecule has 0 fully saturated rings. The molecule has 1 N–H and O–H groups in total. The van der Waals surface area contributed by atoms with Gasteiger partial charge in [0.2, 0.25) is 5.88 Å². The number of methoxy groups -OCH3 is 1. The number of nitrogens with zero attached hydrogens (tertiary/aromatic N) is 2. The lowest BCUT2D eigenvalue weighted by Crippen LogP contribution is -2.21. The molecule has 0 spiro atoms. The number of benzene rings is 1. The van der Waals surface area contributed by atoms with Gasteiger partial charge in [-0.1, -0.05) is 28.1 Å². The highest BCUT2D eigenvalue weighted by Gasteiger charge is 2.17. The maximum atomic E-state index is 5.26. The summed E-state index contributed by atoms with van der Waals surface area (Å²) in [5, 5.41) is 3.26. The summed E-state index contributed by atoms with van der Waals surface area (Å²) in [7, 11) is 3.53. The van der Waals surface area contributed by atoms with Gasteiger partial charge >= 0.3 is 0 Å². The molecule has 0 aliphatic heterocycles. The fourth-order valence-electron chi connectivity index (χ4n) is 1.92. The van der Waals surface area contributed by atoms with Crippen molar-refractivity contribution in [2.45, 2.75) is 12.5 Å². The first kappa shape index (κ1) is 14.0. The predicted molar refractivity (Wildman–Crippen MR) is 78.2 cm³/mol. The second kappa shape index (κ2) is 6.63. The van der Waals surface area contributed by atoms with Gasteiger partial charge in [-0.15, -0.1) is 0 Å². The molecule has 0 saturated carbocycles. The molecule has 1 atom stereocenters. The molecule has 2 aromatic rings. The molecule has 1 aromatic carbocycles. The Morgan fingerprint density at radius 2 is 1.89 bits per heavy atom. The van der Waals surface area contributed by atoms with Crippen molar-refractivity contribution in [2.24, 2.45) is 0 Å². The van der Waals surface area contributed by atoms with E-state index in [9.17, 15) is 0 Å². The van der Waals surface area contributed by atoms with Crippen LogP contribution in [-0.4, -0.2) is 24.1 Å². The van der Waals surface area contributed by atoms with Crippen molar-refractivity contribution in [1.29, 1.82) is 0 Å². The van der Waals surface area contributed by atoms with Gasteiger partial charge in [0, 0.05) is 16.9 Å². The average Bonchev–Trinajstić information content (AvgIpc) is 2.46. The summed E-state index contributed by atoms with van der Waals surface area (Å²) in [6.07, 6.45) is 4.15. The van der Waals surface area contributed by atoms with E-state index in [1.165, 1.54) is 5.56 Å². The predicted octanol–water partition coefficient (Wildman–Crippen LogP) is 2.75. The quantitative estimate of drug-likeness (QED) is 0.919. The minimum absolute atomic E-state index is 0.0739. The third kappa shape index (κ3) is 3.52. The van der Waals surface area contributed by atoms with Crippen LogP contribution in [0.3, 0.4) is 0 Å². The van der Waals surface area contributed by atoms with Crippen molar-refractivity contribution in [1.82, 2.24) is 15.3 Å². The van der Waals surface area contributed by atoms with Crippen molar-refractivity contribution in [2.75, 3.05) is 14.2 Å². The van der Waals surface area contributed by atoms with Gasteiger partial charge in [-0.25, -0.2) is 4.98 Å². The molecule has 0 amide bonds. The molecule has 1 heterocycles. The zero-order valence-electron chi connectivity index (χ0n) is 10.9. The molecule has 4 nitrogen and oxygen atoms in total. The second-order valence-corrected chi connectivity index (χ2v) is 5.04. The molecular formula is C14H16BrN3O. The highest BCUT2D eigenvalue weighted by Crippen LogP contribution is 2.23. The van der Waals surface area contributed by atoms with Crippen molar-refractivity contribution < 1.29 is 4.74 Å². The van der Waals surface area contributed by atoms with Crippen molar-refractivity contribution in [3.63, 3.8) is 0 Å². The van der Waals surface area contributed by atoms with E-state index in [4.69, 9.17) is 4.74 Å². The molecule has 0 aliphatic carbocycles. The molecule has 0 aliphatic rings. The van der Waals surface area contributed by atoms with Gasteiger partial charge in [-0.05, 0) is 31.2 Å². The van der Waals surface area contributed by atoms with E-state index in [1.807, 2.05) is 19.2 Å². The first-order valence-electron chi connectivity index (χ1n) is 6.01. The fraction of sp³-hybridized carbons (Fsp3) is 0.286. The van der Waals surface area contributed by atoms with Crippen LogP contribution in [0.25, 0.3) is 0 Å². The minimum atomic E-state index is 0.0739. The lowest BCUT2D eigenvalue weighted by Gasteiger charge is -2.17. The highest BCUT2D eigenvalue weighted by atomic mass is 79.9. The Balaban J connectivity index is 2.22. The van der Waals surface area contributed by atoms with Crippen LogP contribution in [0.15, 0.2) is 41.1 Å². The maximum absolute atomic E-state index is 5.26. The van der Waals surface area contributed by atoms with E-state index < -0.39 is 0 Å². The number of likely N-dealkylation sites (N-methyl/N-ethyl adjacent to an activating group) is 1.